The minimum absolute atomic E-state index is 0.0544. The summed E-state index contributed by atoms with van der Waals surface area (Å²) in [4.78, 5) is 12.1. The Labute approximate surface area is 94.2 Å². The fourth-order valence-corrected chi connectivity index (χ4v) is 2.10. The fraction of sp³-hybridized carbons (Fsp3) is 0.417. The third-order valence-electron chi connectivity index (χ3n) is 3.05. The van der Waals surface area contributed by atoms with Gasteiger partial charge < -0.3 is 4.74 Å². The van der Waals surface area contributed by atoms with Gasteiger partial charge in [0.15, 0.2) is 5.78 Å². The Hall–Kier alpha value is -0.860. The van der Waals surface area contributed by atoms with Crippen LogP contribution in [0.2, 0.25) is 5.02 Å². The highest BCUT2D eigenvalue weighted by molar-refractivity contribution is 6.31. The second-order valence-corrected chi connectivity index (χ2v) is 4.33. The number of Topliss-reactive ketones (excluding diaryl/α,β-unsaturated/α-hetero) is 1. The average molecular weight is 225 g/mol. The first kappa shape index (κ1) is 10.7. The number of ketones is 1. The molecule has 2 nitrogen and oxygen atoms in total. The van der Waals surface area contributed by atoms with Gasteiger partial charge >= 0.3 is 0 Å². The van der Waals surface area contributed by atoms with Gasteiger partial charge in [-0.2, -0.15) is 0 Å². The molecule has 1 aromatic rings. The second kappa shape index (κ2) is 3.95. The maximum absolute atomic E-state index is 12.1. The monoisotopic (exact) mass is 224 g/mol. The van der Waals surface area contributed by atoms with Gasteiger partial charge in [-0.25, -0.2) is 0 Å². The summed E-state index contributed by atoms with van der Waals surface area (Å²) >= 11 is 5.85. The van der Waals surface area contributed by atoms with Crippen LogP contribution in [0.15, 0.2) is 24.3 Å². The van der Waals surface area contributed by atoms with E-state index in [4.69, 9.17) is 16.3 Å². The molecule has 1 aromatic carbocycles. The fourth-order valence-electron chi connectivity index (χ4n) is 1.91. The summed E-state index contributed by atoms with van der Waals surface area (Å²) < 4.78 is 5.34. The van der Waals surface area contributed by atoms with Gasteiger partial charge in [-0.3, -0.25) is 4.79 Å². The predicted octanol–water partition coefficient (Wildman–Crippen LogP) is 3.09. The van der Waals surface area contributed by atoms with Gasteiger partial charge in [0.1, 0.15) is 5.60 Å². The Morgan fingerprint density at radius 3 is 2.67 bits per heavy atom. The predicted molar refractivity (Wildman–Crippen MR) is 59.4 cm³/mol. The van der Waals surface area contributed by atoms with Crippen molar-refractivity contribution in [3.05, 3.63) is 34.9 Å². The number of ether oxygens (including phenoxy) is 1. The summed E-state index contributed by atoms with van der Waals surface area (Å²) in [6, 6.07) is 7.03. The summed E-state index contributed by atoms with van der Waals surface area (Å²) in [6.07, 6.45) is 2.68. The average Bonchev–Trinajstić information content (AvgIpc) is 2.17. The summed E-state index contributed by atoms with van der Waals surface area (Å²) in [6.45, 7) is 0. The first-order valence-electron chi connectivity index (χ1n) is 5.03. The molecule has 0 amide bonds. The minimum Gasteiger partial charge on any atom is -0.370 e. The molecule has 0 atom stereocenters. The van der Waals surface area contributed by atoms with Crippen LogP contribution in [0.5, 0.6) is 0 Å². The highest BCUT2D eigenvalue weighted by Crippen LogP contribution is 2.38. The highest BCUT2D eigenvalue weighted by Gasteiger charge is 2.44. The lowest BCUT2D eigenvalue weighted by atomic mass is 9.75. The molecule has 1 saturated carbocycles. The van der Waals surface area contributed by atoms with Crippen molar-refractivity contribution < 1.29 is 9.53 Å². The van der Waals surface area contributed by atoms with Gasteiger partial charge in [0.05, 0.1) is 0 Å². The lowest BCUT2D eigenvalue weighted by Crippen LogP contribution is -2.47. The molecule has 0 spiro atoms. The van der Waals surface area contributed by atoms with Crippen LogP contribution in [0.25, 0.3) is 0 Å². The van der Waals surface area contributed by atoms with Crippen molar-refractivity contribution in [3.8, 4) is 0 Å². The van der Waals surface area contributed by atoms with Crippen LogP contribution in [0.3, 0.4) is 0 Å². The van der Waals surface area contributed by atoms with Gasteiger partial charge in [0, 0.05) is 17.7 Å². The Kier molecular flexibility index (Phi) is 2.81. The lowest BCUT2D eigenvalue weighted by molar-refractivity contribution is -0.0448. The molecule has 15 heavy (non-hydrogen) atoms. The second-order valence-electron chi connectivity index (χ2n) is 3.89. The number of benzene rings is 1. The third-order valence-corrected chi connectivity index (χ3v) is 3.29. The zero-order valence-corrected chi connectivity index (χ0v) is 9.38. The molecule has 0 saturated heterocycles. The molecule has 0 heterocycles. The van der Waals surface area contributed by atoms with Crippen molar-refractivity contribution in [3.63, 3.8) is 0 Å². The largest absolute Gasteiger partial charge is 0.370 e. The van der Waals surface area contributed by atoms with Crippen LogP contribution >= 0.6 is 11.6 Å². The zero-order valence-electron chi connectivity index (χ0n) is 8.63. The van der Waals surface area contributed by atoms with E-state index < -0.39 is 5.60 Å². The summed E-state index contributed by atoms with van der Waals surface area (Å²) in [7, 11) is 1.60. The van der Waals surface area contributed by atoms with Crippen LogP contribution in [-0.2, 0) is 4.74 Å². The summed E-state index contributed by atoms with van der Waals surface area (Å²) in [5.41, 5.74) is 0.0640. The first-order chi connectivity index (χ1) is 7.18. The first-order valence-corrected chi connectivity index (χ1v) is 5.41. The van der Waals surface area contributed by atoms with E-state index in [1.54, 1.807) is 31.4 Å². The molecule has 1 aliphatic rings. The van der Waals surface area contributed by atoms with Gasteiger partial charge in [0.2, 0.25) is 0 Å². The third kappa shape index (κ3) is 1.80. The number of hydrogen-bond acceptors (Lipinski definition) is 2. The Balaban J connectivity index is 2.27. The van der Waals surface area contributed by atoms with E-state index >= 15 is 0 Å². The standard InChI is InChI=1S/C12H13ClO2/c1-15-12(6-3-7-12)11(14)9-4-2-5-10(13)8-9/h2,4-5,8H,3,6-7H2,1H3. The van der Waals surface area contributed by atoms with Crippen molar-refractivity contribution in [1.29, 1.82) is 0 Å². The van der Waals surface area contributed by atoms with Gasteiger partial charge in [-0.15, -0.1) is 0 Å². The van der Waals surface area contributed by atoms with E-state index in [1.165, 1.54) is 0 Å². The topological polar surface area (TPSA) is 26.3 Å². The van der Waals surface area contributed by atoms with Crippen LogP contribution in [0.1, 0.15) is 29.6 Å². The number of methoxy groups -OCH3 is 1. The Morgan fingerprint density at radius 2 is 2.20 bits per heavy atom. The molecule has 1 fully saturated rings. The van der Waals surface area contributed by atoms with Crippen LogP contribution < -0.4 is 0 Å². The Morgan fingerprint density at radius 1 is 1.47 bits per heavy atom. The SMILES string of the molecule is COC1(C(=O)c2cccc(Cl)c2)CCC1. The maximum atomic E-state index is 12.1. The molecule has 0 radical (unpaired) electrons. The lowest BCUT2D eigenvalue weighted by Gasteiger charge is -2.38. The molecule has 0 aromatic heterocycles. The number of carbonyl (C=O) groups excluding carboxylic acids is 1. The van der Waals surface area contributed by atoms with E-state index in [0.717, 1.165) is 19.3 Å². The van der Waals surface area contributed by atoms with Gasteiger partial charge in [0.25, 0.3) is 0 Å². The van der Waals surface area contributed by atoms with E-state index in [2.05, 4.69) is 0 Å². The van der Waals surface area contributed by atoms with Gasteiger partial charge in [-0.05, 0) is 31.4 Å². The molecule has 2 rings (SSSR count). The van der Waals surface area contributed by atoms with E-state index in [0.29, 0.717) is 10.6 Å². The zero-order chi connectivity index (χ0) is 10.9. The van der Waals surface area contributed by atoms with Crippen LogP contribution in [0, 0.1) is 0 Å². The molecule has 0 unspecified atom stereocenters. The summed E-state index contributed by atoms with van der Waals surface area (Å²) in [5, 5.41) is 0.589. The summed E-state index contributed by atoms with van der Waals surface area (Å²) in [5.74, 6) is 0.0544. The normalized spacial score (nSPS) is 18.3. The van der Waals surface area contributed by atoms with Crippen molar-refractivity contribution in [1.82, 2.24) is 0 Å². The molecule has 80 valence electrons. The molecule has 1 aliphatic carbocycles. The quantitative estimate of drug-likeness (QED) is 0.738. The molecule has 0 N–H and O–H groups in total. The highest BCUT2D eigenvalue weighted by atomic mass is 35.5. The molecular formula is C12H13ClO2. The van der Waals surface area contributed by atoms with Crippen LogP contribution in [0.4, 0.5) is 0 Å². The molecule has 0 aliphatic heterocycles. The number of rotatable bonds is 3. The molecule has 0 bridgehead atoms. The van der Waals surface area contributed by atoms with Crippen molar-refractivity contribution >= 4 is 17.4 Å². The van der Waals surface area contributed by atoms with Crippen molar-refractivity contribution in [2.75, 3.05) is 7.11 Å². The van der Waals surface area contributed by atoms with E-state index in [-0.39, 0.29) is 5.78 Å². The Bertz CT molecular complexity index is 377. The smallest absolute Gasteiger partial charge is 0.194 e. The number of hydrogen-bond donors (Lipinski definition) is 0. The number of halogens is 1. The van der Waals surface area contributed by atoms with Crippen molar-refractivity contribution in [2.24, 2.45) is 0 Å². The number of carbonyl (C=O) groups is 1. The van der Waals surface area contributed by atoms with E-state index in [9.17, 15) is 4.79 Å². The molecular weight excluding hydrogens is 212 g/mol. The van der Waals surface area contributed by atoms with Gasteiger partial charge in [-0.1, -0.05) is 23.7 Å². The van der Waals surface area contributed by atoms with E-state index in [1.807, 2.05) is 0 Å². The van der Waals surface area contributed by atoms with Crippen LogP contribution in [-0.4, -0.2) is 18.5 Å². The maximum Gasteiger partial charge on any atom is 0.194 e. The molecule has 3 heteroatoms. The van der Waals surface area contributed by atoms with Crippen molar-refractivity contribution in [2.45, 2.75) is 24.9 Å². The minimum atomic E-state index is -0.579.